The van der Waals surface area contributed by atoms with E-state index >= 15 is 0 Å². The van der Waals surface area contributed by atoms with Crippen molar-refractivity contribution in [2.45, 2.75) is 45.1 Å². The van der Waals surface area contributed by atoms with Crippen molar-refractivity contribution in [1.29, 1.82) is 5.26 Å². The molecule has 0 rings (SSSR count). The second kappa shape index (κ2) is 7.78. The average molecular weight is 198 g/mol. The molecule has 0 saturated carbocycles. The molecule has 0 aliphatic carbocycles. The summed E-state index contributed by atoms with van der Waals surface area (Å²) in [5, 5.41) is 11.9. The van der Waals surface area contributed by atoms with Crippen molar-refractivity contribution in [3.63, 3.8) is 0 Å². The first kappa shape index (κ1) is 13.4. The van der Waals surface area contributed by atoms with Crippen molar-refractivity contribution in [2.75, 3.05) is 20.3 Å². The van der Waals surface area contributed by atoms with Crippen LogP contribution in [-0.2, 0) is 4.74 Å². The van der Waals surface area contributed by atoms with Crippen molar-refractivity contribution in [3.8, 4) is 6.07 Å². The van der Waals surface area contributed by atoms with Crippen molar-refractivity contribution < 1.29 is 4.74 Å². The lowest BCUT2D eigenvalue weighted by Crippen LogP contribution is -2.38. The van der Waals surface area contributed by atoms with Crippen LogP contribution in [0.4, 0.5) is 0 Å². The van der Waals surface area contributed by atoms with Crippen LogP contribution < -0.4 is 5.32 Å². The minimum atomic E-state index is -0.395. The molecule has 1 N–H and O–H groups in total. The molecule has 14 heavy (non-hydrogen) atoms. The molecule has 0 aliphatic heterocycles. The van der Waals surface area contributed by atoms with E-state index in [1.165, 1.54) is 6.42 Å². The third-order valence-corrected chi connectivity index (χ3v) is 2.41. The number of nitriles is 1. The molecule has 0 aromatic carbocycles. The normalized spacial score (nSPS) is 14.7. The number of hydrogen-bond donors (Lipinski definition) is 1. The van der Waals surface area contributed by atoms with Gasteiger partial charge in [0, 0.05) is 13.2 Å². The molecule has 0 heterocycles. The number of nitrogens with zero attached hydrogens (tertiary/aromatic N) is 1. The van der Waals surface area contributed by atoms with E-state index in [4.69, 9.17) is 10.00 Å². The Labute approximate surface area is 87.4 Å². The van der Waals surface area contributed by atoms with Gasteiger partial charge in [-0.1, -0.05) is 13.3 Å². The van der Waals surface area contributed by atoms with Gasteiger partial charge in [-0.15, -0.1) is 0 Å². The maximum absolute atomic E-state index is 8.87. The number of hydrogen-bond acceptors (Lipinski definition) is 3. The predicted octanol–water partition coefficient (Wildman–Crippen LogP) is 2.08. The molecule has 0 amide bonds. The first-order valence-electron chi connectivity index (χ1n) is 5.36. The van der Waals surface area contributed by atoms with E-state index in [9.17, 15) is 0 Å². The smallest absolute Gasteiger partial charge is 0.103 e. The van der Waals surface area contributed by atoms with Crippen LogP contribution in [0.25, 0.3) is 0 Å². The maximum atomic E-state index is 8.87. The SMILES string of the molecule is CCCCOCCCC(C)(C#N)NC. The van der Waals surface area contributed by atoms with Crippen molar-refractivity contribution in [2.24, 2.45) is 0 Å². The second-order valence-corrected chi connectivity index (χ2v) is 3.76. The van der Waals surface area contributed by atoms with Gasteiger partial charge in [0.25, 0.3) is 0 Å². The van der Waals surface area contributed by atoms with Gasteiger partial charge < -0.3 is 10.1 Å². The topological polar surface area (TPSA) is 45.0 Å². The van der Waals surface area contributed by atoms with Crippen LogP contribution in [0.15, 0.2) is 0 Å². The van der Waals surface area contributed by atoms with E-state index in [2.05, 4.69) is 18.3 Å². The molecule has 0 fully saturated rings. The van der Waals surface area contributed by atoms with Crippen LogP contribution in [-0.4, -0.2) is 25.8 Å². The summed E-state index contributed by atoms with van der Waals surface area (Å²) >= 11 is 0. The average Bonchev–Trinajstić information content (AvgIpc) is 2.23. The van der Waals surface area contributed by atoms with Crippen LogP contribution in [0.3, 0.4) is 0 Å². The molecule has 1 atom stereocenters. The lowest BCUT2D eigenvalue weighted by atomic mass is 9.98. The summed E-state index contributed by atoms with van der Waals surface area (Å²) in [5.74, 6) is 0. The third kappa shape index (κ3) is 5.95. The van der Waals surface area contributed by atoms with E-state index in [0.29, 0.717) is 0 Å². The van der Waals surface area contributed by atoms with Gasteiger partial charge in [-0.2, -0.15) is 5.26 Å². The predicted molar refractivity (Wildman–Crippen MR) is 58.0 cm³/mol. The van der Waals surface area contributed by atoms with E-state index in [0.717, 1.165) is 32.5 Å². The summed E-state index contributed by atoms with van der Waals surface area (Å²) in [4.78, 5) is 0. The molecular weight excluding hydrogens is 176 g/mol. The molecule has 0 aromatic heterocycles. The fourth-order valence-electron chi connectivity index (χ4n) is 1.11. The van der Waals surface area contributed by atoms with Crippen LogP contribution in [0.1, 0.15) is 39.5 Å². The van der Waals surface area contributed by atoms with Crippen LogP contribution in [0.2, 0.25) is 0 Å². The Balaban J connectivity index is 3.40. The molecule has 0 aromatic rings. The van der Waals surface area contributed by atoms with Gasteiger partial charge in [-0.3, -0.25) is 0 Å². The van der Waals surface area contributed by atoms with Crippen molar-refractivity contribution in [1.82, 2.24) is 5.32 Å². The molecule has 0 aliphatic rings. The van der Waals surface area contributed by atoms with Gasteiger partial charge >= 0.3 is 0 Å². The monoisotopic (exact) mass is 198 g/mol. The van der Waals surface area contributed by atoms with Crippen LogP contribution in [0.5, 0.6) is 0 Å². The fourth-order valence-corrected chi connectivity index (χ4v) is 1.11. The Kier molecular flexibility index (Phi) is 7.45. The number of rotatable bonds is 8. The van der Waals surface area contributed by atoms with Crippen molar-refractivity contribution in [3.05, 3.63) is 0 Å². The molecule has 82 valence electrons. The summed E-state index contributed by atoms with van der Waals surface area (Å²) < 4.78 is 5.42. The Morgan fingerprint density at radius 3 is 2.50 bits per heavy atom. The Bertz CT molecular complexity index is 177. The first-order valence-corrected chi connectivity index (χ1v) is 5.36. The minimum Gasteiger partial charge on any atom is -0.381 e. The molecule has 0 bridgehead atoms. The largest absolute Gasteiger partial charge is 0.381 e. The molecule has 0 saturated heterocycles. The molecule has 0 spiro atoms. The van der Waals surface area contributed by atoms with Gasteiger partial charge in [0.05, 0.1) is 6.07 Å². The summed E-state index contributed by atoms with van der Waals surface area (Å²) in [6.07, 6.45) is 4.08. The molecule has 3 heteroatoms. The van der Waals surface area contributed by atoms with Crippen LogP contribution >= 0.6 is 0 Å². The zero-order valence-electron chi connectivity index (χ0n) is 9.60. The summed E-state index contributed by atoms with van der Waals surface area (Å²) in [5.41, 5.74) is -0.395. The second-order valence-electron chi connectivity index (χ2n) is 3.76. The van der Waals surface area contributed by atoms with E-state index in [1.807, 2.05) is 14.0 Å². The van der Waals surface area contributed by atoms with Gasteiger partial charge in [-0.05, 0) is 33.2 Å². The summed E-state index contributed by atoms with van der Waals surface area (Å²) in [6, 6.07) is 2.26. The Morgan fingerprint density at radius 1 is 1.36 bits per heavy atom. The Hall–Kier alpha value is -0.590. The third-order valence-electron chi connectivity index (χ3n) is 2.41. The number of ether oxygens (including phenoxy) is 1. The molecule has 3 nitrogen and oxygen atoms in total. The first-order chi connectivity index (χ1) is 6.68. The summed E-state index contributed by atoms with van der Waals surface area (Å²) in [7, 11) is 1.82. The fraction of sp³-hybridized carbons (Fsp3) is 0.909. The zero-order chi connectivity index (χ0) is 10.9. The van der Waals surface area contributed by atoms with Gasteiger partial charge in [-0.25, -0.2) is 0 Å². The van der Waals surface area contributed by atoms with E-state index in [-0.39, 0.29) is 0 Å². The zero-order valence-corrected chi connectivity index (χ0v) is 9.60. The maximum Gasteiger partial charge on any atom is 0.103 e. The van der Waals surface area contributed by atoms with E-state index < -0.39 is 5.54 Å². The van der Waals surface area contributed by atoms with Gasteiger partial charge in [0.1, 0.15) is 5.54 Å². The molecule has 1 unspecified atom stereocenters. The molecular formula is C11H22N2O. The lowest BCUT2D eigenvalue weighted by molar-refractivity contribution is 0.124. The highest BCUT2D eigenvalue weighted by molar-refractivity contribution is 5.02. The highest BCUT2D eigenvalue weighted by Gasteiger charge is 2.19. The quantitative estimate of drug-likeness (QED) is 0.607. The highest BCUT2D eigenvalue weighted by Crippen LogP contribution is 2.10. The minimum absolute atomic E-state index is 0.395. The highest BCUT2D eigenvalue weighted by atomic mass is 16.5. The summed E-state index contributed by atoms with van der Waals surface area (Å²) in [6.45, 7) is 5.68. The lowest BCUT2D eigenvalue weighted by Gasteiger charge is -2.20. The number of nitrogens with one attached hydrogen (secondary N) is 1. The Morgan fingerprint density at radius 2 is 2.00 bits per heavy atom. The van der Waals surface area contributed by atoms with E-state index in [1.54, 1.807) is 0 Å². The van der Waals surface area contributed by atoms with Crippen LogP contribution in [0, 0.1) is 11.3 Å². The standard InChI is InChI=1S/C11H22N2O/c1-4-5-8-14-9-6-7-11(2,10-12)13-3/h13H,4-9H2,1-3H3. The van der Waals surface area contributed by atoms with Gasteiger partial charge in [0.2, 0.25) is 0 Å². The van der Waals surface area contributed by atoms with Crippen molar-refractivity contribution >= 4 is 0 Å². The van der Waals surface area contributed by atoms with Gasteiger partial charge in [0.15, 0.2) is 0 Å². The number of unbranched alkanes of at least 4 members (excludes halogenated alkanes) is 1. The molecule has 0 radical (unpaired) electrons.